The molecule has 11 heteroatoms. The molecule has 0 aliphatic carbocycles. The Morgan fingerprint density at radius 1 is 1.00 bits per heavy atom. The van der Waals surface area contributed by atoms with Gasteiger partial charge in [-0.1, -0.05) is 32.0 Å². The van der Waals surface area contributed by atoms with Crippen molar-refractivity contribution in [2.75, 3.05) is 21.9 Å². The van der Waals surface area contributed by atoms with Crippen molar-refractivity contribution in [3.63, 3.8) is 0 Å². The standard InChI is InChI=1S/C30H42N6O5/c1-20-9-6-7-10-23(20)36(32)28(41)35(31)22-14-12-21(13-15-22)33-30(4,5)27(40)24-11-8-18-34(24)25(37)16-17-29(2,3)19-26(38)39/h6-7,9-10,12-15,24,33H,8,11,16-19,31-32H2,1-5H3,(H,38,39)/t24-/m0/s1. The lowest BCUT2D eigenvalue weighted by molar-refractivity contribution is -0.141. The number of nitrogens with one attached hydrogen (secondary N) is 1. The third-order valence-electron chi connectivity index (χ3n) is 7.53. The van der Waals surface area contributed by atoms with E-state index in [1.807, 2.05) is 32.9 Å². The van der Waals surface area contributed by atoms with Crippen LogP contribution in [0.5, 0.6) is 0 Å². The Hall–Kier alpha value is -3.96. The molecule has 1 aliphatic heterocycles. The van der Waals surface area contributed by atoms with E-state index in [1.54, 1.807) is 55.1 Å². The number of amides is 3. The van der Waals surface area contributed by atoms with Crippen molar-refractivity contribution in [1.82, 2.24) is 4.90 Å². The van der Waals surface area contributed by atoms with Crippen molar-refractivity contribution < 1.29 is 24.3 Å². The highest BCUT2D eigenvalue weighted by molar-refractivity contribution is 6.02. The summed E-state index contributed by atoms with van der Waals surface area (Å²) in [6, 6.07) is 12.8. The molecule has 0 aromatic heterocycles. The third-order valence-corrected chi connectivity index (χ3v) is 7.53. The van der Waals surface area contributed by atoms with Gasteiger partial charge >= 0.3 is 12.0 Å². The average molecular weight is 567 g/mol. The first-order chi connectivity index (χ1) is 19.1. The lowest BCUT2D eigenvalue weighted by Crippen LogP contribution is -2.52. The number of nitrogens with zero attached hydrogens (tertiary/aromatic N) is 3. The molecule has 41 heavy (non-hydrogen) atoms. The van der Waals surface area contributed by atoms with Crippen LogP contribution in [-0.2, 0) is 14.4 Å². The monoisotopic (exact) mass is 566 g/mol. The van der Waals surface area contributed by atoms with Gasteiger partial charge in [0.05, 0.1) is 29.4 Å². The molecule has 6 N–H and O–H groups in total. The number of hydrogen-bond donors (Lipinski definition) is 4. The zero-order chi connectivity index (χ0) is 30.5. The summed E-state index contributed by atoms with van der Waals surface area (Å²) in [6.45, 7) is 9.54. The molecule has 0 saturated carbocycles. The van der Waals surface area contributed by atoms with Crippen LogP contribution in [0.1, 0.15) is 65.4 Å². The molecule has 0 spiro atoms. The molecule has 1 aliphatic rings. The fraction of sp³-hybridized carbons (Fsp3) is 0.467. The Morgan fingerprint density at radius 3 is 2.24 bits per heavy atom. The van der Waals surface area contributed by atoms with Crippen LogP contribution in [0.2, 0.25) is 0 Å². The first-order valence-electron chi connectivity index (χ1n) is 13.8. The summed E-state index contributed by atoms with van der Waals surface area (Å²) in [7, 11) is 0. The number of hydrogen-bond acceptors (Lipinski definition) is 7. The summed E-state index contributed by atoms with van der Waals surface area (Å²) in [6.07, 6.45) is 1.90. The Labute approximate surface area is 241 Å². The molecule has 222 valence electrons. The number of aliphatic carboxylic acids is 1. The third kappa shape index (κ3) is 7.83. The van der Waals surface area contributed by atoms with E-state index in [9.17, 15) is 19.2 Å². The molecule has 3 rings (SSSR count). The Morgan fingerprint density at radius 2 is 1.63 bits per heavy atom. The summed E-state index contributed by atoms with van der Waals surface area (Å²) in [5.74, 6) is 11.0. The lowest BCUT2D eigenvalue weighted by Gasteiger charge is -2.33. The molecule has 1 heterocycles. The molecule has 0 radical (unpaired) electrons. The van der Waals surface area contributed by atoms with Crippen LogP contribution in [0.4, 0.5) is 21.9 Å². The van der Waals surface area contributed by atoms with Crippen molar-refractivity contribution >= 4 is 40.8 Å². The Kier molecular flexibility index (Phi) is 9.77. The SMILES string of the molecule is Cc1ccccc1N(N)C(=O)N(N)c1ccc(NC(C)(C)C(=O)[C@@H]2CCCN2C(=O)CCC(C)(C)CC(=O)O)cc1. The van der Waals surface area contributed by atoms with Crippen LogP contribution in [0.15, 0.2) is 48.5 Å². The van der Waals surface area contributed by atoms with Crippen LogP contribution in [0.3, 0.4) is 0 Å². The molecular weight excluding hydrogens is 524 g/mol. The summed E-state index contributed by atoms with van der Waals surface area (Å²) in [5.41, 5.74) is 0.910. The molecule has 11 nitrogen and oxygen atoms in total. The number of nitrogens with two attached hydrogens (primary N) is 2. The van der Waals surface area contributed by atoms with Crippen molar-refractivity contribution in [3.05, 3.63) is 54.1 Å². The molecule has 3 amide bonds. The minimum Gasteiger partial charge on any atom is -0.481 e. The van der Waals surface area contributed by atoms with Gasteiger partial charge < -0.3 is 15.3 Å². The fourth-order valence-electron chi connectivity index (χ4n) is 5.13. The number of hydrazine groups is 2. The molecular formula is C30H42N6O5. The molecule has 0 unspecified atom stereocenters. The molecule has 0 bridgehead atoms. The van der Waals surface area contributed by atoms with Gasteiger partial charge in [0.1, 0.15) is 0 Å². The van der Waals surface area contributed by atoms with Crippen LogP contribution < -0.4 is 27.0 Å². The zero-order valence-corrected chi connectivity index (χ0v) is 24.5. The number of para-hydroxylation sites is 1. The average Bonchev–Trinajstić information content (AvgIpc) is 3.40. The number of ketones is 1. The second-order valence-electron chi connectivity index (χ2n) is 12.0. The summed E-state index contributed by atoms with van der Waals surface area (Å²) >= 11 is 0. The van der Waals surface area contributed by atoms with E-state index in [0.29, 0.717) is 36.4 Å². The number of likely N-dealkylation sites (tertiary alicyclic amines) is 1. The normalized spacial score (nSPS) is 15.4. The van der Waals surface area contributed by atoms with E-state index in [0.717, 1.165) is 22.0 Å². The number of carbonyl (C=O) groups excluding carboxylic acids is 3. The van der Waals surface area contributed by atoms with Crippen molar-refractivity contribution in [2.24, 2.45) is 17.1 Å². The van der Waals surface area contributed by atoms with Gasteiger partial charge in [-0.25, -0.2) is 26.5 Å². The van der Waals surface area contributed by atoms with Gasteiger partial charge in [-0.05, 0) is 81.3 Å². The zero-order valence-electron chi connectivity index (χ0n) is 24.5. The molecule has 1 saturated heterocycles. The molecule has 2 aromatic rings. The topological polar surface area (TPSA) is 162 Å². The highest BCUT2D eigenvalue weighted by Crippen LogP contribution is 2.30. The summed E-state index contributed by atoms with van der Waals surface area (Å²) < 4.78 is 0. The second kappa shape index (κ2) is 12.7. The van der Waals surface area contributed by atoms with Gasteiger partial charge in [-0.2, -0.15) is 0 Å². The second-order valence-corrected chi connectivity index (χ2v) is 12.0. The number of anilines is 3. The fourth-order valence-corrected chi connectivity index (χ4v) is 5.13. The number of rotatable bonds is 11. The van der Waals surface area contributed by atoms with Gasteiger partial charge in [0.2, 0.25) is 5.91 Å². The predicted octanol–water partition coefficient (Wildman–Crippen LogP) is 4.21. The maximum Gasteiger partial charge on any atom is 0.357 e. The van der Waals surface area contributed by atoms with Crippen LogP contribution in [-0.4, -0.2) is 51.8 Å². The van der Waals surface area contributed by atoms with Gasteiger partial charge in [0.25, 0.3) is 0 Å². The van der Waals surface area contributed by atoms with Crippen molar-refractivity contribution in [1.29, 1.82) is 0 Å². The minimum atomic E-state index is -0.991. The number of carbonyl (C=O) groups is 4. The van der Waals surface area contributed by atoms with E-state index >= 15 is 0 Å². The number of urea groups is 1. The number of Topliss-reactive ketones (excluding diaryl/α,β-unsaturated/α-hetero) is 1. The Bertz CT molecular complexity index is 1280. The summed E-state index contributed by atoms with van der Waals surface area (Å²) in [5, 5.41) is 14.3. The van der Waals surface area contributed by atoms with E-state index in [2.05, 4.69) is 5.32 Å². The molecule has 1 atom stereocenters. The largest absolute Gasteiger partial charge is 0.481 e. The number of carboxylic acids is 1. The quantitative estimate of drug-likeness (QED) is 0.179. The number of aryl methyl sites for hydroxylation is 1. The van der Waals surface area contributed by atoms with Crippen LogP contribution >= 0.6 is 0 Å². The number of carboxylic acid groups (broad SMARTS) is 1. The highest BCUT2D eigenvalue weighted by atomic mass is 16.4. The first-order valence-corrected chi connectivity index (χ1v) is 13.8. The van der Waals surface area contributed by atoms with E-state index in [4.69, 9.17) is 16.8 Å². The van der Waals surface area contributed by atoms with E-state index in [-0.39, 0.29) is 24.5 Å². The maximum atomic E-state index is 13.6. The minimum absolute atomic E-state index is 0.0222. The molecule has 2 aromatic carbocycles. The van der Waals surface area contributed by atoms with Crippen molar-refractivity contribution in [3.8, 4) is 0 Å². The smallest absolute Gasteiger partial charge is 0.357 e. The van der Waals surface area contributed by atoms with Gasteiger partial charge in [0.15, 0.2) is 5.78 Å². The first kappa shape index (κ1) is 31.6. The predicted molar refractivity (Wildman–Crippen MR) is 159 cm³/mol. The van der Waals surface area contributed by atoms with Crippen LogP contribution in [0, 0.1) is 12.3 Å². The van der Waals surface area contributed by atoms with E-state index < -0.39 is 29.0 Å². The van der Waals surface area contributed by atoms with Crippen LogP contribution in [0.25, 0.3) is 0 Å². The highest BCUT2D eigenvalue weighted by Gasteiger charge is 2.41. The molecule has 1 fully saturated rings. The summed E-state index contributed by atoms with van der Waals surface area (Å²) in [4.78, 5) is 52.3. The Balaban J connectivity index is 1.63. The van der Waals surface area contributed by atoms with Gasteiger partial charge in [0, 0.05) is 18.7 Å². The maximum absolute atomic E-state index is 13.6. The van der Waals surface area contributed by atoms with Gasteiger partial charge in [-0.15, -0.1) is 0 Å². The van der Waals surface area contributed by atoms with Gasteiger partial charge in [-0.3, -0.25) is 14.4 Å². The van der Waals surface area contributed by atoms with Crippen molar-refractivity contribution in [2.45, 2.75) is 78.3 Å². The lowest BCUT2D eigenvalue weighted by atomic mass is 9.84. The number of benzene rings is 2. The van der Waals surface area contributed by atoms with E-state index in [1.165, 1.54) is 0 Å².